The molecule has 4 rings (SSSR count). The van der Waals surface area contributed by atoms with Crippen LogP contribution in [0.2, 0.25) is 0 Å². The zero-order chi connectivity index (χ0) is 20.8. The van der Waals surface area contributed by atoms with Crippen LogP contribution in [-0.2, 0) is 5.41 Å². The van der Waals surface area contributed by atoms with Crippen molar-refractivity contribution in [2.24, 2.45) is 16.5 Å². The smallest absolute Gasteiger partial charge is 0.159 e. The molecule has 2 atom stereocenters. The lowest BCUT2D eigenvalue weighted by Gasteiger charge is -2.36. The molecule has 0 spiro atoms. The van der Waals surface area contributed by atoms with E-state index in [4.69, 9.17) is 16.5 Å². The van der Waals surface area contributed by atoms with Crippen LogP contribution in [0.1, 0.15) is 39.3 Å². The van der Waals surface area contributed by atoms with Crippen molar-refractivity contribution in [2.75, 3.05) is 25.0 Å². The minimum Gasteiger partial charge on any atom is -0.398 e. The van der Waals surface area contributed by atoms with Crippen molar-refractivity contribution in [2.45, 2.75) is 45.1 Å². The summed E-state index contributed by atoms with van der Waals surface area (Å²) in [6, 6.07) is 6.67. The van der Waals surface area contributed by atoms with Crippen LogP contribution < -0.4 is 16.4 Å². The molecular formula is C23H30N6. The Morgan fingerprint density at radius 1 is 1.31 bits per heavy atom. The lowest BCUT2D eigenvalue weighted by molar-refractivity contribution is 0.526. The Kier molecular flexibility index (Phi) is 4.90. The molecule has 2 aliphatic rings. The van der Waals surface area contributed by atoms with Crippen molar-refractivity contribution in [1.29, 1.82) is 0 Å². The van der Waals surface area contributed by atoms with Crippen LogP contribution in [0.3, 0.4) is 0 Å². The predicted octanol–water partition coefficient (Wildman–Crippen LogP) is 3.08. The molecule has 1 aliphatic heterocycles. The average molecular weight is 391 g/mol. The fourth-order valence-corrected chi connectivity index (χ4v) is 4.52. The third-order valence-electron chi connectivity index (χ3n) is 6.65. The van der Waals surface area contributed by atoms with Gasteiger partial charge < -0.3 is 16.4 Å². The molecule has 2 aromatic heterocycles. The topological polar surface area (TPSA) is 93.4 Å². The molecule has 4 N–H and O–H groups in total. The Bertz CT molecular complexity index is 1050. The van der Waals surface area contributed by atoms with Crippen molar-refractivity contribution in [3.05, 3.63) is 52.5 Å². The SMILES string of the molecule is CN=CC1=C(N)C(C)=C(C)C(C)(c2ccc3cc(N4CCC(N)C4)cnc3n2)C1. The molecule has 2 unspecified atom stereocenters. The Balaban J connectivity index is 1.72. The molecule has 3 heterocycles. The molecule has 29 heavy (non-hydrogen) atoms. The summed E-state index contributed by atoms with van der Waals surface area (Å²) in [6.07, 6.45) is 5.59. The molecule has 0 radical (unpaired) electrons. The Hall–Kier alpha value is -2.73. The first-order valence-corrected chi connectivity index (χ1v) is 10.2. The molecule has 1 saturated heterocycles. The lowest BCUT2D eigenvalue weighted by atomic mass is 9.69. The minimum atomic E-state index is -0.236. The number of pyridine rings is 2. The van der Waals surface area contributed by atoms with E-state index in [1.165, 1.54) is 5.57 Å². The molecule has 6 nitrogen and oxygen atoms in total. The van der Waals surface area contributed by atoms with E-state index in [-0.39, 0.29) is 11.5 Å². The number of nitrogens with two attached hydrogens (primary N) is 2. The molecule has 1 aliphatic carbocycles. The number of rotatable bonds is 3. The fraction of sp³-hybridized carbons (Fsp3) is 0.435. The van der Waals surface area contributed by atoms with E-state index >= 15 is 0 Å². The maximum absolute atomic E-state index is 6.36. The largest absolute Gasteiger partial charge is 0.398 e. The van der Waals surface area contributed by atoms with Crippen LogP contribution in [0.4, 0.5) is 5.69 Å². The van der Waals surface area contributed by atoms with Crippen molar-refractivity contribution < 1.29 is 0 Å². The van der Waals surface area contributed by atoms with Crippen LogP contribution in [0.25, 0.3) is 11.0 Å². The highest BCUT2D eigenvalue weighted by Crippen LogP contribution is 2.43. The molecular weight excluding hydrogens is 360 g/mol. The summed E-state index contributed by atoms with van der Waals surface area (Å²) in [5, 5.41) is 1.05. The van der Waals surface area contributed by atoms with Crippen molar-refractivity contribution in [3.63, 3.8) is 0 Å². The van der Waals surface area contributed by atoms with Gasteiger partial charge in [0.25, 0.3) is 0 Å². The van der Waals surface area contributed by atoms with Crippen molar-refractivity contribution in [1.82, 2.24) is 9.97 Å². The summed E-state index contributed by atoms with van der Waals surface area (Å²) in [4.78, 5) is 16.1. The van der Waals surface area contributed by atoms with Crippen LogP contribution >= 0.6 is 0 Å². The number of hydrogen-bond acceptors (Lipinski definition) is 6. The van der Waals surface area contributed by atoms with Gasteiger partial charge in [-0.05, 0) is 63.0 Å². The highest BCUT2D eigenvalue weighted by Gasteiger charge is 2.36. The number of nitrogens with zero attached hydrogens (tertiary/aromatic N) is 4. The molecule has 0 saturated carbocycles. The number of allylic oxidation sites excluding steroid dienone is 3. The van der Waals surface area contributed by atoms with Crippen LogP contribution in [-0.4, -0.2) is 42.4 Å². The molecule has 2 aromatic rings. The van der Waals surface area contributed by atoms with Gasteiger partial charge in [0.1, 0.15) is 0 Å². The normalized spacial score (nSPS) is 25.7. The second kappa shape index (κ2) is 7.26. The van der Waals surface area contributed by atoms with E-state index in [2.05, 4.69) is 53.8 Å². The van der Waals surface area contributed by atoms with E-state index in [9.17, 15) is 0 Å². The Labute approximate surface area is 172 Å². The fourth-order valence-electron chi connectivity index (χ4n) is 4.52. The second-order valence-electron chi connectivity index (χ2n) is 8.52. The third-order valence-corrected chi connectivity index (χ3v) is 6.65. The van der Waals surface area contributed by atoms with Crippen molar-refractivity contribution >= 4 is 22.9 Å². The van der Waals surface area contributed by atoms with E-state index < -0.39 is 0 Å². The summed E-state index contributed by atoms with van der Waals surface area (Å²) < 4.78 is 0. The summed E-state index contributed by atoms with van der Waals surface area (Å²) in [7, 11) is 1.78. The van der Waals surface area contributed by atoms with Gasteiger partial charge in [-0.25, -0.2) is 9.97 Å². The van der Waals surface area contributed by atoms with E-state index in [0.29, 0.717) is 0 Å². The molecule has 152 valence electrons. The quantitative estimate of drug-likeness (QED) is 0.786. The maximum Gasteiger partial charge on any atom is 0.159 e. The van der Waals surface area contributed by atoms with Gasteiger partial charge in [0.05, 0.1) is 17.6 Å². The third kappa shape index (κ3) is 3.31. The summed E-state index contributed by atoms with van der Waals surface area (Å²) in [6.45, 7) is 8.33. The van der Waals surface area contributed by atoms with E-state index in [1.54, 1.807) is 7.05 Å². The summed E-state index contributed by atoms with van der Waals surface area (Å²) in [5.74, 6) is 0. The van der Waals surface area contributed by atoms with Gasteiger partial charge in [0.2, 0.25) is 0 Å². The first-order chi connectivity index (χ1) is 13.8. The van der Waals surface area contributed by atoms with Crippen LogP contribution in [0.5, 0.6) is 0 Å². The van der Waals surface area contributed by atoms with Gasteiger partial charge in [0, 0.05) is 48.9 Å². The number of hydrogen-bond donors (Lipinski definition) is 2. The van der Waals surface area contributed by atoms with Gasteiger partial charge in [-0.15, -0.1) is 0 Å². The summed E-state index contributed by atoms with van der Waals surface area (Å²) in [5.41, 5.74) is 19.3. The van der Waals surface area contributed by atoms with Gasteiger partial charge in [-0.2, -0.15) is 0 Å². The van der Waals surface area contributed by atoms with E-state index in [0.717, 1.165) is 65.2 Å². The monoisotopic (exact) mass is 390 g/mol. The molecule has 6 heteroatoms. The zero-order valence-corrected chi connectivity index (χ0v) is 17.7. The Morgan fingerprint density at radius 2 is 2.10 bits per heavy atom. The highest BCUT2D eigenvalue weighted by atomic mass is 15.2. The molecule has 0 bridgehead atoms. The number of anilines is 1. The van der Waals surface area contributed by atoms with Gasteiger partial charge in [-0.3, -0.25) is 4.99 Å². The first kappa shape index (κ1) is 19.6. The number of aliphatic imine (C=N–C) groups is 1. The number of aromatic nitrogens is 2. The van der Waals surface area contributed by atoms with E-state index in [1.807, 2.05) is 12.4 Å². The zero-order valence-electron chi connectivity index (χ0n) is 17.7. The Morgan fingerprint density at radius 3 is 2.79 bits per heavy atom. The van der Waals surface area contributed by atoms with Crippen LogP contribution in [0, 0.1) is 0 Å². The molecule has 0 amide bonds. The average Bonchev–Trinajstić information content (AvgIpc) is 3.16. The molecule has 1 fully saturated rings. The highest BCUT2D eigenvalue weighted by molar-refractivity contribution is 5.83. The lowest BCUT2D eigenvalue weighted by Crippen LogP contribution is -2.32. The molecule has 0 aromatic carbocycles. The standard InChI is InChI=1S/C23H30N6/c1-14-15(2)23(3,10-17(11-26-4)21(14)25)20-6-5-16-9-19(12-27-22(16)28-20)29-8-7-18(24)13-29/h5-6,9,11-12,18H,7-8,10,13,24-25H2,1-4H3. The second-order valence-corrected chi connectivity index (χ2v) is 8.52. The minimum absolute atomic E-state index is 0.236. The first-order valence-electron chi connectivity index (χ1n) is 10.2. The maximum atomic E-state index is 6.36. The van der Waals surface area contributed by atoms with Gasteiger partial charge in [-0.1, -0.05) is 5.57 Å². The van der Waals surface area contributed by atoms with Crippen molar-refractivity contribution in [3.8, 4) is 0 Å². The summed E-state index contributed by atoms with van der Waals surface area (Å²) >= 11 is 0. The van der Waals surface area contributed by atoms with Gasteiger partial charge in [0.15, 0.2) is 5.65 Å². The van der Waals surface area contributed by atoms with Gasteiger partial charge >= 0.3 is 0 Å². The predicted molar refractivity (Wildman–Crippen MR) is 120 cm³/mol. The number of fused-ring (bicyclic) bond motifs is 1. The van der Waals surface area contributed by atoms with Crippen LogP contribution in [0.15, 0.2) is 51.8 Å².